The third kappa shape index (κ3) is 2.08. The van der Waals surface area contributed by atoms with Crippen LogP contribution in [0.2, 0.25) is 0 Å². The van der Waals surface area contributed by atoms with Crippen LogP contribution in [0.1, 0.15) is 5.56 Å². The minimum atomic E-state index is 0.738. The van der Waals surface area contributed by atoms with Crippen molar-refractivity contribution < 1.29 is 0 Å². The number of hydrogen-bond acceptors (Lipinski definition) is 2. The van der Waals surface area contributed by atoms with Crippen LogP contribution in [0.4, 0.5) is 0 Å². The maximum atomic E-state index is 4.51. The number of halogens is 2. The highest BCUT2D eigenvalue weighted by atomic mass is 79.9. The van der Waals surface area contributed by atoms with Crippen LogP contribution in [0.15, 0.2) is 39.4 Å². The average molecular weight is 367 g/mol. The first-order valence-electron chi connectivity index (χ1n) is 5.41. The van der Waals surface area contributed by atoms with E-state index in [1.807, 2.05) is 37.4 Å². The van der Waals surface area contributed by atoms with Crippen LogP contribution in [0.3, 0.4) is 0 Å². The number of aromatic amines is 1. The van der Waals surface area contributed by atoms with Gasteiger partial charge >= 0.3 is 0 Å². The molecule has 3 aromatic rings. The molecule has 2 heterocycles. The van der Waals surface area contributed by atoms with Crippen molar-refractivity contribution in [3.63, 3.8) is 0 Å². The maximum Gasteiger partial charge on any atom is 0.178 e. The fourth-order valence-electron chi connectivity index (χ4n) is 1.81. The van der Waals surface area contributed by atoms with Crippen molar-refractivity contribution in [3.8, 4) is 11.4 Å². The van der Waals surface area contributed by atoms with E-state index in [4.69, 9.17) is 0 Å². The van der Waals surface area contributed by atoms with E-state index in [1.54, 1.807) is 0 Å². The zero-order valence-electron chi connectivity index (χ0n) is 9.54. The van der Waals surface area contributed by atoms with Gasteiger partial charge in [-0.15, -0.1) is 0 Å². The lowest BCUT2D eigenvalue weighted by Gasteiger charge is -2.01. The predicted molar refractivity (Wildman–Crippen MR) is 79.5 cm³/mol. The summed E-state index contributed by atoms with van der Waals surface area (Å²) in [7, 11) is 0. The quantitative estimate of drug-likeness (QED) is 0.690. The lowest BCUT2D eigenvalue weighted by molar-refractivity contribution is 1.28. The van der Waals surface area contributed by atoms with E-state index in [9.17, 15) is 0 Å². The molecule has 1 N–H and O–H groups in total. The van der Waals surface area contributed by atoms with Gasteiger partial charge in [0.1, 0.15) is 5.82 Å². The Morgan fingerprint density at radius 3 is 2.83 bits per heavy atom. The van der Waals surface area contributed by atoms with Crippen molar-refractivity contribution in [1.82, 2.24) is 15.0 Å². The van der Waals surface area contributed by atoms with E-state index >= 15 is 0 Å². The van der Waals surface area contributed by atoms with Gasteiger partial charge in [-0.2, -0.15) is 0 Å². The Kier molecular flexibility index (Phi) is 2.95. The van der Waals surface area contributed by atoms with E-state index in [0.717, 1.165) is 37.1 Å². The molecule has 2 aromatic heterocycles. The molecule has 0 aliphatic carbocycles. The second kappa shape index (κ2) is 4.48. The molecule has 3 rings (SSSR count). The molecule has 90 valence electrons. The first kappa shape index (κ1) is 11.9. The Labute approximate surface area is 121 Å². The summed E-state index contributed by atoms with van der Waals surface area (Å²) in [5.41, 5.74) is 3.82. The Balaban J connectivity index is 2.22. The van der Waals surface area contributed by atoms with Crippen LogP contribution in [-0.4, -0.2) is 15.0 Å². The summed E-state index contributed by atoms with van der Waals surface area (Å²) in [5.74, 6) is 0.816. The van der Waals surface area contributed by atoms with Gasteiger partial charge in [0.05, 0.1) is 5.52 Å². The number of aromatic nitrogens is 3. The minimum Gasteiger partial charge on any atom is -0.337 e. The summed E-state index contributed by atoms with van der Waals surface area (Å²) in [5, 5.41) is 0. The molecule has 18 heavy (non-hydrogen) atoms. The fourth-order valence-corrected chi connectivity index (χ4v) is 2.61. The number of benzene rings is 1. The third-order valence-corrected chi connectivity index (χ3v) is 3.84. The molecular formula is C13H9Br2N3. The lowest BCUT2D eigenvalue weighted by atomic mass is 10.2. The van der Waals surface area contributed by atoms with Crippen molar-refractivity contribution in [1.29, 1.82) is 0 Å². The van der Waals surface area contributed by atoms with Crippen molar-refractivity contribution in [2.75, 3.05) is 0 Å². The summed E-state index contributed by atoms with van der Waals surface area (Å²) in [6, 6.07) is 8.04. The molecule has 0 saturated heterocycles. The van der Waals surface area contributed by atoms with E-state index in [0.29, 0.717) is 0 Å². The van der Waals surface area contributed by atoms with E-state index in [2.05, 4.69) is 46.8 Å². The second-order valence-electron chi connectivity index (χ2n) is 4.09. The highest BCUT2D eigenvalue weighted by Crippen LogP contribution is 2.30. The van der Waals surface area contributed by atoms with E-state index in [1.165, 1.54) is 0 Å². The zero-order valence-corrected chi connectivity index (χ0v) is 12.7. The predicted octanol–water partition coefficient (Wildman–Crippen LogP) is 4.46. The van der Waals surface area contributed by atoms with Crippen molar-refractivity contribution >= 4 is 43.0 Å². The third-order valence-electron chi connectivity index (χ3n) is 2.66. The van der Waals surface area contributed by atoms with Gasteiger partial charge in [-0.3, -0.25) is 0 Å². The Morgan fingerprint density at radius 1 is 1.17 bits per heavy atom. The Hall–Kier alpha value is -1.20. The molecule has 5 heteroatoms. The molecule has 1 aromatic carbocycles. The van der Waals surface area contributed by atoms with Gasteiger partial charge in [0.15, 0.2) is 5.65 Å². The Bertz CT molecular complexity index is 734. The first-order chi connectivity index (χ1) is 8.63. The molecule has 0 spiro atoms. The highest BCUT2D eigenvalue weighted by molar-refractivity contribution is 9.11. The van der Waals surface area contributed by atoms with Gasteiger partial charge in [0.2, 0.25) is 0 Å². The normalized spacial score (nSPS) is 11.1. The van der Waals surface area contributed by atoms with Crippen LogP contribution in [0, 0.1) is 6.92 Å². The number of pyridine rings is 1. The molecule has 0 aliphatic heterocycles. The van der Waals surface area contributed by atoms with Crippen LogP contribution in [-0.2, 0) is 0 Å². The number of imidazole rings is 1. The summed E-state index contributed by atoms with van der Waals surface area (Å²) in [6.07, 6.45) is 1.82. The second-order valence-corrected chi connectivity index (χ2v) is 5.86. The standard InChI is InChI=1S/C13H9Br2N3/c1-7-4-11-13(16-6-7)18-12(17-11)9-5-8(14)2-3-10(9)15/h2-6H,1H3,(H,16,17,18). The topological polar surface area (TPSA) is 41.6 Å². The molecule has 0 atom stereocenters. The number of nitrogens with one attached hydrogen (secondary N) is 1. The minimum absolute atomic E-state index is 0.738. The fraction of sp³-hybridized carbons (Fsp3) is 0.0769. The van der Waals surface area contributed by atoms with Crippen LogP contribution >= 0.6 is 31.9 Å². The van der Waals surface area contributed by atoms with Gasteiger partial charge in [0.25, 0.3) is 0 Å². The molecule has 0 fully saturated rings. The number of hydrogen-bond donors (Lipinski definition) is 1. The van der Waals surface area contributed by atoms with Gasteiger partial charge in [-0.05, 0) is 36.8 Å². The average Bonchev–Trinajstić information content (AvgIpc) is 2.74. The van der Waals surface area contributed by atoms with E-state index in [-0.39, 0.29) is 0 Å². The SMILES string of the molecule is Cc1cnc2nc(-c3cc(Br)ccc3Br)[nH]c2c1. The van der Waals surface area contributed by atoms with Gasteiger partial charge in [-0.1, -0.05) is 31.9 Å². The molecule has 0 aliphatic rings. The molecule has 0 bridgehead atoms. The maximum absolute atomic E-state index is 4.51. The number of nitrogens with zero attached hydrogens (tertiary/aromatic N) is 2. The monoisotopic (exact) mass is 365 g/mol. The number of fused-ring (bicyclic) bond motifs is 1. The van der Waals surface area contributed by atoms with Crippen LogP contribution in [0.25, 0.3) is 22.6 Å². The molecular weight excluding hydrogens is 358 g/mol. The lowest BCUT2D eigenvalue weighted by Crippen LogP contribution is -1.82. The van der Waals surface area contributed by atoms with Crippen molar-refractivity contribution in [3.05, 3.63) is 45.0 Å². The molecule has 0 amide bonds. The van der Waals surface area contributed by atoms with Crippen molar-refractivity contribution in [2.45, 2.75) is 6.92 Å². The molecule has 0 saturated carbocycles. The summed E-state index contributed by atoms with van der Waals surface area (Å²) < 4.78 is 2.02. The summed E-state index contributed by atoms with van der Waals surface area (Å²) >= 11 is 7.01. The summed E-state index contributed by atoms with van der Waals surface area (Å²) in [4.78, 5) is 12.1. The van der Waals surface area contributed by atoms with Crippen LogP contribution in [0.5, 0.6) is 0 Å². The van der Waals surface area contributed by atoms with Gasteiger partial charge in [-0.25, -0.2) is 9.97 Å². The number of rotatable bonds is 1. The number of aryl methyl sites for hydroxylation is 1. The largest absolute Gasteiger partial charge is 0.337 e. The molecule has 0 radical (unpaired) electrons. The van der Waals surface area contributed by atoms with Gasteiger partial charge < -0.3 is 4.98 Å². The number of H-pyrrole nitrogens is 1. The first-order valence-corrected chi connectivity index (χ1v) is 7.00. The molecule has 0 unspecified atom stereocenters. The highest BCUT2D eigenvalue weighted by Gasteiger charge is 2.09. The summed E-state index contributed by atoms with van der Waals surface area (Å²) in [6.45, 7) is 2.02. The van der Waals surface area contributed by atoms with E-state index < -0.39 is 0 Å². The zero-order chi connectivity index (χ0) is 12.7. The Morgan fingerprint density at radius 2 is 2.00 bits per heavy atom. The van der Waals surface area contributed by atoms with Crippen LogP contribution < -0.4 is 0 Å². The van der Waals surface area contributed by atoms with Crippen molar-refractivity contribution in [2.24, 2.45) is 0 Å². The van der Waals surface area contributed by atoms with Gasteiger partial charge in [0, 0.05) is 20.7 Å². The molecule has 3 nitrogen and oxygen atoms in total. The smallest absolute Gasteiger partial charge is 0.178 e.